The Morgan fingerprint density at radius 2 is 2.16 bits per heavy atom. The monoisotopic (exact) mass is 257 g/mol. The van der Waals surface area contributed by atoms with Gasteiger partial charge in [-0.1, -0.05) is 19.4 Å². The lowest BCUT2D eigenvalue weighted by Crippen LogP contribution is -2.20. The summed E-state index contributed by atoms with van der Waals surface area (Å²) in [4.78, 5) is 14.7. The highest BCUT2D eigenvalue weighted by Gasteiger charge is 2.12. The molecule has 0 aliphatic rings. The first-order chi connectivity index (χ1) is 9.22. The molecular formula is C14H19N5. The van der Waals surface area contributed by atoms with E-state index >= 15 is 0 Å². The third-order valence-electron chi connectivity index (χ3n) is 2.96. The number of rotatable bonds is 5. The number of aromatic nitrogens is 3. The number of nitrogens with zero attached hydrogens (tertiary/aromatic N) is 4. The smallest absolute Gasteiger partial charge is 0.137 e. The van der Waals surface area contributed by atoms with Crippen molar-refractivity contribution in [3.8, 4) is 0 Å². The van der Waals surface area contributed by atoms with E-state index in [1.54, 1.807) is 6.20 Å². The highest BCUT2D eigenvalue weighted by Crippen LogP contribution is 2.23. The van der Waals surface area contributed by atoms with Crippen LogP contribution in [0.1, 0.15) is 24.5 Å². The molecule has 0 radical (unpaired) electrons. The van der Waals surface area contributed by atoms with Crippen LogP contribution in [0.3, 0.4) is 0 Å². The van der Waals surface area contributed by atoms with E-state index < -0.39 is 0 Å². The summed E-state index contributed by atoms with van der Waals surface area (Å²) in [6.45, 7) is 2.87. The van der Waals surface area contributed by atoms with Crippen LogP contribution in [0.15, 0.2) is 30.9 Å². The second-order valence-electron chi connectivity index (χ2n) is 4.53. The normalized spacial score (nSPS) is 10.4. The van der Waals surface area contributed by atoms with Crippen LogP contribution in [-0.2, 0) is 13.0 Å². The predicted octanol–water partition coefficient (Wildman–Crippen LogP) is 2.04. The van der Waals surface area contributed by atoms with Gasteiger partial charge in [-0.25, -0.2) is 9.97 Å². The zero-order valence-corrected chi connectivity index (χ0v) is 11.4. The van der Waals surface area contributed by atoms with Crippen LogP contribution in [0.4, 0.5) is 11.6 Å². The van der Waals surface area contributed by atoms with E-state index in [4.69, 9.17) is 5.73 Å². The highest BCUT2D eigenvalue weighted by molar-refractivity contribution is 5.56. The van der Waals surface area contributed by atoms with Gasteiger partial charge in [-0.2, -0.15) is 0 Å². The molecule has 0 saturated carbocycles. The Kier molecular flexibility index (Phi) is 4.28. The quantitative estimate of drug-likeness (QED) is 0.887. The Balaban J connectivity index is 2.23. The minimum Gasteiger partial charge on any atom is -0.383 e. The van der Waals surface area contributed by atoms with Crippen LogP contribution in [0.25, 0.3) is 0 Å². The van der Waals surface area contributed by atoms with Gasteiger partial charge in [-0.3, -0.25) is 4.98 Å². The van der Waals surface area contributed by atoms with Crippen molar-refractivity contribution in [2.24, 2.45) is 0 Å². The molecule has 100 valence electrons. The molecule has 0 amide bonds. The topological polar surface area (TPSA) is 67.9 Å². The van der Waals surface area contributed by atoms with Gasteiger partial charge in [0.05, 0.1) is 0 Å². The summed E-state index contributed by atoms with van der Waals surface area (Å²) in [7, 11) is 2.01. The van der Waals surface area contributed by atoms with Crippen LogP contribution in [-0.4, -0.2) is 22.0 Å². The number of anilines is 2. The van der Waals surface area contributed by atoms with Gasteiger partial charge in [0.15, 0.2) is 0 Å². The van der Waals surface area contributed by atoms with Gasteiger partial charge in [0, 0.05) is 31.5 Å². The Morgan fingerprint density at radius 3 is 2.84 bits per heavy atom. The molecular weight excluding hydrogens is 238 g/mol. The van der Waals surface area contributed by atoms with Gasteiger partial charge in [-0.05, 0) is 18.1 Å². The third-order valence-corrected chi connectivity index (χ3v) is 2.96. The van der Waals surface area contributed by atoms with Gasteiger partial charge in [0.2, 0.25) is 0 Å². The summed E-state index contributed by atoms with van der Waals surface area (Å²) >= 11 is 0. The van der Waals surface area contributed by atoms with Gasteiger partial charge < -0.3 is 10.6 Å². The molecule has 0 spiro atoms. The third kappa shape index (κ3) is 3.19. The van der Waals surface area contributed by atoms with Crippen molar-refractivity contribution in [3.63, 3.8) is 0 Å². The van der Waals surface area contributed by atoms with Crippen molar-refractivity contribution in [1.82, 2.24) is 15.0 Å². The molecule has 2 aromatic rings. The molecule has 2 aromatic heterocycles. The molecule has 0 atom stereocenters. The zero-order valence-electron chi connectivity index (χ0n) is 11.4. The van der Waals surface area contributed by atoms with Crippen LogP contribution >= 0.6 is 0 Å². The highest BCUT2D eigenvalue weighted by atomic mass is 15.2. The molecule has 19 heavy (non-hydrogen) atoms. The lowest BCUT2D eigenvalue weighted by molar-refractivity contribution is 0.843. The summed E-state index contributed by atoms with van der Waals surface area (Å²) in [6, 6.07) is 3.98. The Bertz CT molecular complexity index is 527. The van der Waals surface area contributed by atoms with Gasteiger partial charge in [0.25, 0.3) is 0 Å². The Labute approximate surface area is 113 Å². The summed E-state index contributed by atoms with van der Waals surface area (Å²) < 4.78 is 0. The molecule has 0 aliphatic carbocycles. The minimum atomic E-state index is 0.574. The molecule has 0 saturated heterocycles. The van der Waals surface area contributed by atoms with Crippen molar-refractivity contribution < 1.29 is 0 Å². The molecule has 5 nitrogen and oxygen atoms in total. The van der Waals surface area contributed by atoms with Crippen molar-refractivity contribution >= 4 is 11.6 Å². The van der Waals surface area contributed by atoms with Crippen molar-refractivity contribution in [1.29, 1.82) is 0 Å². The van der Waals surface area contributed by atoms with Crippen LogP contribution in [0.2, 0.25) is 0 Å². The Hall–Kier alpha value is -2.17. The van der Waals surface area contributed by atoms with Crippen LogP contribution in [0.5, 0.6) is 0 Å². The molecule has 2 heterocycles. The first-order valence-electron chi connectivity index (χ1n) is 6.41. The predicted molar refractivity (Wildman–Crippen MR) is 76.8 cm³/mol. The fourth-order valence-corrected chi connectivity index (χ4v) is 2.08. The van der Waals surface area contributed by atoms with Crippen molar-refractivity contribution in [3.05, 3.63) is 42.0 Å². The van der Waals surface area contributed by atoms with E-state index in [1.165, 1.54) is 6.33 Å². The first-order valence-corrected chi connectivity index (χ1v) is 6.41. The maximum Gasteiger partial charge on any atom is 0.137 e. The first kappa shape index (κ1) is 13.3. The second-order valence-corrected chi connectivity index (χ2v) is 4.53. The number of nitrogens with two attached hydrogens (primary N) is 1. The average Bonchev–Trinajstić information content (AvgIpc) is 2.42. The number of hydrogen-bond acceptors (Lipinski definition) is 5. The van der Waals surface area contributed by atoms with E-state index in [0.29, 0.717) is 5.82 Å². The largest absolute Gasteiger partial charge is 0.383 e. The maximum atomic E-state index is 5.95. The van der Waals surface area contributed by atoms with Crippen molar-refractivity contribution in [2.75, 3.05) is 17.7 Å². The molecule has 0 fully saturated rings. The maximum absolute atomic E-state index is 5.95. The molecule has 0 aliphatic heterocycles. The summed E-state index contributed by atoms with van der Waals surface area (Å²) in [5.74, 6) is 1.48. The van der Waals surface area contributed by atoms with Crippen LogP contribution in [0, 0.1) is 0 Å². The van der Waals surface area contributed by atoms with Crippen molar-refractivity contribution in [2.45, 2.75) is 26.3 Å². The number of hydrogen-bond donors (Lipinski definition) is 1. The van der Waals surface area contributed by atoms with Gasteiger partial charge in [-0.15, -0.1) is 0 Å². The second kappa shape index (κ2) is 6.13. The van der Waals surface area contributed by atoms with E-state index in [9.17, 15) is 0 Å². The standard InChI is InChI=1S/C14H19N5/c1-3-5-12-13(15)17-10-18-14(12)19(2)9-11-6-4-7-16-8-11/h4,6-8,10H,3,5,9H2,1-2H3,(H2,15,17,18). The molecule has 0 aromatic carbocycles. The molecule has 0 bridgehead atoms. The fraction of sp³-hybridized carbons (Fsp3) is 0.357. The SMILES string of the molecule is CCCc1c(N)ncnc1N(C)Cc1cccnc1. The average molecular weight is 257 g/mol. The zero-order chi connectivity index (χ0) is 13.7. The van der Waals surface area contributed by atoms with E-state index in [2.05, 4.69) is 26.8 Å². The Morgan fingerprint density at radius 1 is 1.32 bits per heavy atom. The minimum absolute atomic E-state index is 0.574. The summed E-state index contributed by atoms with van der Waals surface area (Å²) in [5.41, 5.74) is 8.12. The summed E-state index contributed by atoms with van der Waals surface area (Å²) in [6.07, 6.45) is 7.06. The number of nitrogen functional groups attached to an aromatic ring is 1. The van der Waals surface area contributed by atoms with E-state index in [-0.39, 0.29) is 0 Å². The lowest BCUT2D eigenvalue weighted by Gasteiger charge is -2.21. The molecule has 5 heteroatoms. The fourth-order valence-electron chi connectivity index (χ4n) is 2.08. The van der Waals surface area contributed by atoms with Gasteiger partial charge >= 0.3 is 0 Å². The molecule has 0 unspecified atom stereocenters. The summed E-state index contributed by atoms with van der Waals surface area (Å²) in [5, 5.41) is 0. The molecule has 2 rings (SSSR count). The van der Waals surface area contributed by atoms with Gasteiger partial charge in [0.1, 0.15) is 18.0 Å². The molecule has 2 N–H and O–H groups in total. The number of pyridine rings is 1. The van der Waals surface area contributed by atoms with E-state index in [1.807, 2.05) is 25.4 Å². The van der Waals surface area contributed by atoms with E-state index in [0.717, 1.165) is 36.3 Å². The lowest BCUT2D eigenvalue weighted by atomic mass is 10.1. The van der Waals surface area contributed by atoms with Crippen LogP contribution < -0.4 is 10.6 Å².